The summed E-state index contributed by atoms with van der Waals surface area (Å²) in [6.45, 7) is 6.41. The first kappa shape index (κ1) is 24.4. The predicted octanol–water partition coefficient (Wildman–Crippen LogP) is 7.39. The summed E-state index contributed by atoms with van der Waals surface area (Å²) in [7, 11) is 0. The Morgan fingerprint density at radius 1 is 0.875 bits per heavy atom. The fourth-order valence-electron chi connectivity index (χ4n) is 3.14. The molecule has 0 aliphatic heterocycles. The first-order valence-corrected chi connectivity index (χ1v) is 12.1. The number of hydrogen-bond acceptors (Lipinski definition) is 3. The van der Waals surface area contributed by atoms with Crippen molar-refractivity contribution in [1.82, 2.24) is 0 Å². The molecule has 0 fully saturated rings. The van der Waals surface area contributed by atoms with E-state index in [-0.39, 0.29) is 22.9 Å². The van der Waals surface area contributed by atoms with Crippen molar-refractivity contribution in [2.24, 2.45) is 0 Å². The zero-order valence-electron chi connectivity index (χ0n) is 18.2. The molecule has 32 heavy (non-hydrogen) atoms. The first-order chi connectivity index (χ1) is 15.1. The third-order valence-corrected chi connectivity index (χ3v) is 6.63. The van der Waals surface area contributed by atoms with Crippen LogP contribution < -0.4 is 5.32 Å². The van der Waals surface area contributed by atoms with E-state index in [1.807, 2.05) is 24.3 Å². The van der Waals surface area contributed by atoms with Gasteiger partial charge >= 0.3 is 0 Å². The topological polar surface area (TPSA) is 46.2 Å². The van der Waals surface area contributed by atoms with E-state index in [9.17, 15) is 9.59 Å². The maximum Gasteiger partial charge on any atom is 0.234 e. The number of carbonyl (C=O) groups is 2. The summed E-state index contributed by atoms with van der Waals surface area (Å²) < 4.78 is 0. The molecule has 0 aromatic heterocycles. The Hall–Kier alpha value is -2.27. The average molecular weight is 486 g/mol. The lowest BCUT2D eigenvalue weighted by atomic mass is 9.86. The van der Waals surface area contributed by atoms with Crippen LogP contribution in [-0.2, 0) is 16.0 Å². The third-order valence-electron chi connectivity index (χ3n) is 4.96. The van der Waals surface area contributed by atoms with Gasteiger partial charge in [0, 0.05) is 32.6 Å². The molecule has 3 aromatic rings. The fourth-order valence-corrected chi connectivity index (χ4v) is 4.70. The lowest BCUT2D eigenvalue weighted by Gasteiger charge is -2.19. The molecule has 0 saturated heterocycles. The number of benzene rings is 3. The largest absolute Gasteiger partial charge is 0.325 e. The summed E-state index contributed by atoms with van der Waals surface area (Å²) in [5.74, 6) is 0.546. The second kappa shape index (κ2) is 10.6. The number of amides is 1. The quantitative estimate of drug-likeness (QED) is 0.354. The van der Waals surface area contributed by atoms with Gasteiger partial charge in [0.25, 0.3) is 0 Å². The second-order valence-corrected chi connectivity index (χ2v) is 10.3. The molecule has 1 amide bonds. The smallest absolute Gasteiger partial charge is 0.234 e. The van der Waals surface area contributed by atoms with E-state index in [1.54, 1.807) is 42.5 Å². The number of carbonyl (C=O) groups excluding carboxylic acids is 2. The zero-order chi connectivity index (χ0) is 23.3. The van der Waals surface area contributed by atoms with Crippen molar-refractivity contribution in [2.45, 2.75) is 31.9 Å². The molecule has 3 rings (SSSR count). The zero-order valence-corrected chi connectivity index (χ0v) is 20.6. The molecule has 166 valence electrons. The second-order valence-electron chi connectivity index (χ2n) is 8.48. The molecule has 0 heterocycles. The van der Waals surface area contributed by atoms with Crippen LogP contribution in [-0.4, -0.2) is 17.4 Å². The van der Waals surface area contributed by atoms with Gasteiger partial charge in [-0.1, -0.05) is 86.4 Å². The number of thioether (sulfide) groups is 1. The Balaban J connectivity index is 1.60. The van der Waals surface area contributed by atoms with Crippen LogP contribution >= 0.6 is 35.0 Å². The Morgan fingerprint density at radius 2 is 1.50 bits per heavy atom. The van der Waals surface area contributed by atoms with E-state index in [0.29, 0.717) is 32.6 Å². The monoisotopic (exact) mass is 485 g/mol. The lowest BCUT2D eigenvalue weighted by Crippen LogP contribution is -2.15. The van der Waals surface area contributed by atoms with Gasteiger partial charge in [-0.2, -0.15) is 0 Å². The number of rotatable bonds is 7. The molecule has 0 radical (unpaired) electrons. The molecule has 0 bridgehead atoms. The van der Waals surface area contributed by atoms with Crippen molar-refractivity contribution >= 4 is 52.3 Å². The highest BCUT2D eigenvalue weighted by molar-refractivity contribution is 7.99. The van der Waals surface area contributed by atoms with E-state index in [2.05, 4.69) is 26.1 Å². The predicted molar refractivity (Wildman–Crippen MR) is 136 cm³/mol. The minimum atomic E-state index is -0.155. The molecule has 1 N–H and O–H groups in total. The van der Waals surface area contributed by atoms with Crippen LogP contribution in [0.2, 0.25) is 10.0 Å². The van der Waals surface area contributed by atoms with Crippen LogP contribution in [0.3, 0.4) is 0 Å². The fraction of sp³-hybridized carbons (Fsp3) is 0.231. The van der Waals surface area contributed by atoms with Crippen LogP contribution in [0, 0.1) is 0 Å². The molecule has 0 unspecified atom stereocenters. The first-order valence-electron chi connectivity index (χ1n) is 10.2. The molecule has 0 spiro atoms. The van der Waals surface area contributed by atoms with Gasteiger partial charge < -0.3 is 5.32 Å². The Labute approximate surface area is 203 Å². The van der Waals surface area contributed by atoms with Crippen LogP contribution in [0.15, 0.2) is 66.7 Å². The molecule has 0 atom stereocenters. The normalized spacial score (nSPS) is 11.3. The molecule has 3 aromatic carbocycles. The Morgan fingerprint density at radius 3 is 2.12 bits per heavy atom. The molecule has 0 aliphatic rings. The number of ketones is 1. The van der Waals surface area contributed by atoms with Crippen molar-refractivity contribution < 1.29 is 9.59 Å². The van der Waals surface area contributed by atoms with Crippen molar-refractivity contribution in [1.29, 1.82) is 0 Å². The standard InChI is InChI=1S/C26H25Cl2NO2S/c1-26(2,3)19-12-10-17(11-13-19)25(31)18-6-4-7-20(14-18)29-24(30)16-32-15-21-22(27)8-5-9-23(21)28/h4-14H,15-16H2,1-3H3,(H,29,30). The van der Waals surface area contributed by atoms with Gasteiger partial charge in [-0.15, -0.1) is 11.8 Å². The average Bonchev–Trinajstić information content (AvgIpc) is 2.75. The van der Waals surface area contributed by atoms with Gasteiger partial charge in [0.2, 0.25) is 5.91 Å². The highest BCUT2D eigenvalue weighted by Crippen LogP contribution is 2.28. The van der Waals surface area contributed by atoms with Gasteiger partial charge in [-0.05, 0) is 40.8 Å². The van der Waals surface area contributed by atoms with E-state index in [4.69, 9.17) is 23.2 Å². The maximum absolute atomic E-state index is 12.9. The summed E-state index contributed by atoms with van der Waals surface area (Å²) >= 11 is 13.8. The molecular formula is C26H25Cl2NO2S. The molecule has 6 heteroatoms. The minimum Gasteiger partial charge on any atom is -0.325 e. The summed E-state index contributed by atoms with van der Waals surface area (Å²) in [6, 6.07) is 20.0. The van der Waals surface area contributed by atoms with Crippen molar-refractivity contribution in [2.75, 3.05) is 11.1 Å². The SMILES string of the molecule is CC(C)(C)c1ccc(C(=O)c2cccc(NC(=O)CSCc3c(Cl)cccc3Cl)c2)cc1. The maximum atomic E-state index is 12.9. The highest BCUT2D eigenvalue weighted by Gasteiger charge is 2.15. The molecule has 3 nitrogen and oxygen atoms in total. The minimum absolute atomic E-state index is 0.0287. The Kier molecular flexibility index (Phi) is 8.05. The van der Waals surface area contributed by atoms with E-state index in [0.717, 1.165) is 5.56 Å². The van der Waals surface area contributed by atoms with E-state index < -0.39 is 0 Å². The van der Waals surface area contributed by atoms with Gasteiger partial charge in [0.05, 0.1) is 5.75 Å². The number of nitrogens with one attached hydrogen (secondary N) is 1. The van der Waals surface area contributed by atoms with Gasteiger partial charge in [-0.3, -0.25) is 9.59 Å². The van der Waals surface area contributed by atoms with Gasteiger partial charge in [0.1, 0.15) is 0 Å². The van der Waals surface area contributed by atoms with Crippen LogP contribution in [0.4, 0.5) is 5.69 Å². The Bertz CT molecular complexity index is 1100. The van der Waals surface area contributed by atoms with Crippen LogP contribution in [0.5, 0.6) is 0 Å². The van der Waals surface area contributed by atoms with E-state index >= 15 is 0 Å². The van der Waals surface area contributed by atoms with Gasteiger partial charge in [0.15, 0.2) is 5.78 Å². The molecule has 0 aliphatic carbocycles. The third kappa shape index (κ3) is 6.38. The van der Waals surface area contributed by atoms with Crippen LogP contribution in [0.1, 0.15) is 47.8 Å². The summed E-state index contributed by atoms with van der Waals surface area (Å²) in [5.41, 5.74) is 3.75. The molecule has 0 saturated carbocycles. The van der Waals surface area contributed by atoms with E-state index in [1.165, 1.54) is 17.3 Å². The summed E-state index contributed by atoms with van der Waals surface area (Å²) in [6.07, 6.45) is 0. The summed E-state index contributed by atoms with van der Waals surface area (Å²) in [4.78, 5) is 25.3. The van der Waals surface area contributed by atoms with Crippen LogP contribution in [0.25, 0.3) is 0 Å². The van der Waals surface area contributed by atoms with Crippen molar-refractivity contribution in [3.63, 3.8) is 0 Å². The number of anilines is 1. The van der Waals surface area contributed by atoms with Gasteiger partial charge in [-0.25, -0.2) is 0 Å². The van der Waals surface area contributed by atoms with Crippen molar-refractivity contribution in [3.8, 4) is 0 Å². The highest BCUT2D eigenvalue weighted by atomic mass is 35.5. The number of halogens is 2. The summed E-state index contributed by atoms with van der Waals surface area (Å²) in [5, 5.41) is 4.04. The lowest BCUT2D eigenvalue weighted by molar-refractivity contribution is -0.113. The number of hydrogen-bond donors (Lipinski definition) is 1. The molecular weight excluding hydrogens is 461 g/mol. The van der Waals surface area contributed by atoms with Crippen molar-refractivity contribution in [3.05, 3.63) is 99.0 Å².